The summed E-state index contributed by atoms with van der Waals surface area (Å²) in [4.78, 5) is 24.3. The lowest BCUT2D eigenvalue weighted by molar-refractivity contribution is 0.0943. The van der Waals surface area contributed by atoms with E-state index in [9.17, 15) is 9.59 Å². The van der Waals surface area contributed by atoms with Crippen LogP contribution >= 0.6 is 0 Å². The number of hydrazone groups is 2. The van der Waals surface area contributed by atoms with Crippen LogP contribution in [0, 0.1) is 0 Å². The SMILES string of the molecule is C/C(=N\NC(=O)c1ccc(C(=O)N/N=C(\C)c2ccco2)cc1)c1ccco1. The molecule has 1 aromatic carbocycles. The molecule has 0 fully saturated rings. The Morgan fingerprint density at radius 1 is 0.714 bits per heavy atom. The van der Waals surface area contributed by atoms with Crippen LogP contribution in [0.1, 0.15) is 46.1 Å². The lowest BCUT2D eigenvalue weighted by atomic mass is 10.1. The van der Waals surface area contributed by atoms with Crippen molar-refractivity contribution in [3.63, 3.8) is 0 Å². The van der Waals surface area contributed by atoms with Crippen LogP contribution in [0.25, 0.3) is 0 Å². The third-order valence-corrected chi connectivity index (χ3v) is 3.82. The molecule has 0 aliphatic heterocycles. The number of hydrogen-bond acceptors (Lipinski definition) is 6. The minimum Gasteiger partial charge on any atom is -0.463 e. The summed E-state index contributed by atoms with van der Waals surface area (Å²) in [6.45, 7) is 3.44. The van der Waals surface area contributed by atoms with E-state index in [2.05, 4.69) is 21.1 Å². The highest BCUT2D eigenvalue weighted by molar-refractivity contribution is 6.01. The molecule has 0 atom stereocenters. The van der Waals surface area contributed by atoms with E-state index < -0.39 is 11.8 Å². The van der Waals surface area contributed by atoms with Gasteiger partial charge >= 0.3 is 0 Å². The van der Waals surface area contributed by atoms with Crippen LogP contribution in [0.15, 0.2) is 80.1 Å². The van der Waals surface area contributed by atoms with E-state index >= 15 is 0 Å². The zero-order chi connectivity index (χ0) is 19.9. The topological polar surface area (TPSA) is 109 Å². The molecule has 8 nitrogen and oxygen atoms in total. The van der Waals surface area contributed by atoms with E-state index in [0.717, 1.165) is 0 Å². The van der Waals surface area contributed by atoms with Crippen molar-refractivity contribution in [3.05, 3.63) is 83.7 Å². The van der Waals surface area contributed by atoms with Gasteiger partial charge < -0.3 is 8.83 Å². The highest BCUT2D eigenvalue weighted by atomic mass is 16.3. The molecular formula is C20H18N4O4. The van der Waals surface area contributed by atoms with E-state index in [1.807, 2.05) is 0 Å². The minimum absolute atomic E-state index is 0.364. The van der Waals surface area contributed by atoms with Crippen molar-refractivity contribution in [1.29, 1.82) is 0 Å². The summed E-state index contributed by atoms with van der Waals surface area (Å²) in [5.41, 5.74) is 6.70. The summed E-state index contributed by atoms with van der Waals surface area (Å²) in [5.74, 6) is 0.338. The molecule has 0 radical (unpaired) electrons. The predicted molar refractivity (Wildman–Crippen MR) is 103 cm³/mol. The van der Waals surface area contributed by atoms with Gasteiger partial charge in [0.2, 0.25) is 0 Å². The zero-order valence-corrected chi connectivity index (χ0v) is 15.3. The predicted octanol–water partition coefficient (Wildman–Crippen LogP) is 3.18. The van der Waals surface area contributed by atoms with Crippen LogP contribution < -0.4 is 10.9 Å². The number of furan rings is 2. The second kappa shape index (κ2) is 8.63. The van der Waals surface area contributed by atoms with Gasteiger partial charge in [0, 0.05) is 11.1 Å². The number of amides is 2. The van der Waals surface area contributed by atoms with Crippen LogP contribution in [-0.2, 0) is 0 Å². The first-order valence-corrected chi connectivity index (χ1v) is 8.41. The van der Waals surface area contributed by atoms with E-state index in [-0.39, 0.29) is 0 Å². The molecule has 28 heavy (non-hydrogen) atoms. The molecule has 0 spiro atoms. The molecule has 0 unspecified atom stereocenters. The van der Waals surface area contributed by atoms with Crippen LogP contribution in [-0.4, -0.2) is 23.2 Å². The molecule has 2 N–H and O–H groups in total. The van der Waals surface area contributed by atoms with Crippen molar-refractivity contribution in [2.75, 3.05) is 0 Å². The van der Waals surface area contributed by atoms with Crippen LogP contribution in [0.3, 0.4) is 0 Å². The first-order chi connectivity index (χ1) is 13.5. The van der Waals surface area contributed by atoms with Gasteiger partial charge in [0.25, 0.3) is 11.8 Å². The third-order valence-electron chi connectivity index (χ3n) is 3.82. The Kier molecular flexibility index (Phi) is 5.81. The summed E-state index contributed by atoms with van der Waals surface area (Å²) in [7, 11) is 0. The maximum Gasteiger partial charge on any atom is 0.271 e. The van der Waals surface area contributed by atoms with E-state index in [0.29, 0.717) is 34.1 Å². The molecule has 0 bridgehead atoms. The molecule has 3 aromatic rings. The van der Waals surface area contributed by atoms with Gasteiger partial charge in [-0.3, -0.25) is 9.59 Å². The first-order valence-electron chi connectivity index (χ1n) is 8.41. The molecule has 0 aliphatic rings. The Balaban J connectivity index is 1.59. The van der Waals surface area contributed by atoms with Crippen molar-refractivity contribution < 1.29 is 18.4 Å². The largest absolute Gasteiger partial charge is 0.463 e. The summed E-state index contributed by atoms with van der Waals surface area (Å²) in [6, 6.07) is 13.1. The van der Waals surface area contributed by atoms with Gasteiger partial charge in [0.05, 0.1) is 12.5 Å². The van der Waals surface area contributed by atoms with E-state index in [4.69, 9.17) is 8.83 Å². The van der Waals surface area contributed by atoms with Gasteiger partial charge in [-0.05, 0) is 62.4 Å². The lowest BCUT2D eigenvalue weighted by Crippen LogP contribution is -2.21. The fraction of sp³-hybridized carbons (Fsp3) is 0.100. The molecule has 0 saturated heterocycles. The molecule has 8 heteroatoms. The third kappa shape index (κ3) is 4.61. The Hall–Kier alpha value is -3.94. The van der Waals surface area contributed by atoms with Crippen molar-refractivity contribution >= 4 is 23.2 Å². The second-order valence-electron chi connectivity index (χ2n) is 5.81. The van der Waals surface area contributed by atoms with Crippen LogP contribution in [0.2, 0.25) is 0 Å². The monoisotopic (exact) mass is 378 g/mol. The molecule has 0 saturated carbocycles. The van der Waals surface area contributed by atoms with E-state index in [1.165, 1.54) is 36.8 Å². The van der Waals surface area contributed by atoms with Gasteiger partial charge in [0.1, 0.15) is 22.9 Å². The van der Waals surface area contributed by atoms with Crippen molar-refractivity contribution in [3.8, 4) is 0 Å². The normalized spacial score (nSPS) is 11.9. The fourth-order valence-corrected chi connectivity index (χ4v) is 2.25. The number of rotatable bonds is 6. The number of nitrogens with zero attached hydrogens (tertiary/aromatic N) is 2. The first kappa shape index (κ1) is 18.8. The highest BCUT2D eigenvalue weighted by Gasteiger charge is 2.09. The summed E-state index contributed by atoms with van der Waals surface area (Å²) in [5, 5.41) is 7.98. The van der Waals surface area contributed by atoms with Gasteiger partial charge in [-0.25, -0.2) is 10.9 Å². The number of carbonyl (C=O) groups is 2. The number of hydrogen-bond donors (Lipinski definition) is 2. The second-order valence-corrected chi connectivity index (χ2v) is 5.81. The Morgan fingerprint density at radius 2 is 1.11 bits per heavy atom. The van der Waals surface area contributed by atoms with Gasteiger partial charge in [-0.1, -0.05) is 0 Å². The minimum atomic E-state index is -0.399. The quantitative estimate of drug-likeness (QED) is 0.507. The maximum atomic E-state index is 12.2. The van der Waals surface area contributed by atoms with Crippen LogP contribution in [0.4, 0.5) is 0 Å². The smallest absolute Gasteiger partial charge is 0.271 e. The average molecular weight is 378 g/mol. The summed E-state index contributed by atoms with van der Waals surface area (Å²) in [6.07, 6.45) is 3.06. The Morgan fingerprint density at radius 3 is 1.43 bits per heavy atom. The van der Waals surface area contributed by atoms with Crippen molar-refractivity contribution in [2.45, 2.75) is 13.8 Å². The summed E-state index contributed by atoms with van der Waals surface area (Å²) >= 11 is 0. The average Bonchev–Trinajstić information content (AvgIpc) is 3.44. The molecule has 3 rings (SSSR count). The molecule has 0 aliphatic carbocycles. The Bertz CT molecular complexity index is 918. The standard InChI is InChI=1S/C20H18N4O4/c1-13(17-5-3-11-27-17)21-23-19(25)15-7-9-16(10-8-15)20(26)24-22-14(2)18-6-4-12-28-18/h3-12H,1-2H3,(H,23,25)(H,24,26)/b21-13+,22-14+. The van der Waals surface area contributed by atoms with E-state index in [1.54, 1.807) is 38.1 Å². The zero-order valence-electron chi connectivity index (χ0n) is 15.3. The Labute approximate surface area is 160 Å². The maximum absolute atomic E-state index is 12.2. The molecule has 2 heterocycles. The van der Waals surface area contributed by atoms with Crippen LogP contribution in [0.5, 0.6) is 0 Å². The van der Waals surface area contributed by atoms with Crippen molar-refractivity contribution in [1.82, 2.24) is 10.9 Å². The van der Waals surface area contributed by atoms with Gasteiger partial charge in [0.15, 0.2) is 0 Å². The number of carbonyl (C=O) groups excluding carboxylic acids is 2. The van der Waals surface area contributed by atoms with Crippen molar-refractivity contribution in [2.24, 2.45) is 10.2 Å². The summed E-state index contributed by atoms with van der Waals surface area (Å²) < 4.78 is 10.4. The lowest BCUT2D eigenvalue weighted by Gasteiger charge is -2.04. The molecule has 142 valence electrons. The molecular weight excluding hydrogens is 360 g/mol. The highest BCUT2D eigenvalue weighted by Crippen LogP contribution is 2.06. The number of benzene rings is 1. The molecule has 2 amide bonds. The van der Waals surface area contributed by atoms with Gasteiger partial charge in [-0.15, -0.1) is 0 Å². The fourth-order valence-electron chi connectivity index (χ4n) is 2.25. The molecule has 2 aromatic heterocycles. The van der Waals surface area contributed by atoms with Gasteiger partial charge in [-0.2, -0.15) is 10.2 Å². The number of nitrogens with one attached hydrogen (secondary N) is 2.